The highest BCUT2D eigenvalue weighted by Gasteiger charge is 2.23. The Balaban J connectivity index is 1.95. The Bertz CT molecular complexity index is 690. The molecule has 2 N–H and O–H groups in total. The third-order valence-electron chi connectivity index (χ3n) is 3.84. The van der Waals surface area contributed by atoms with E-state index in [4.69, 9.17) is 4.74 Å². The van der Waals surface area contributed by atoms with E-state index in [9.17, 15) is 14.7 Å². The van der Waals surface area contributed by atoms with Crippen molar-refractivity contribution < 1.29 is 24.2 Å². The van der Waals surface area contributed by atoms with Gasteiger partial charge in [-0.1, -0.05) is 60.7 Å². The summed E-state index contributed by atoms with van der Waals surface area (Å²) in [4.78, 5) is 23.6. The van der Waals surface area contributed by atoms with Crippen molar-refractivity contribution in [2.75, 3.05) is 7.11 Å². The van der Waals surface area contributed by atoms with Crippen LogP contribution < -0.4 is 5.32 Å². The second-order valence-corrected chi connectivity index (χ2v) is 5.87. The number of benzene rings is 2. The second kappa shape index (κ2) is 10.2. The Labute approximate surface area is 152 Å². The zero-order chi connectivity index (χ0) is 18.8. The van der Waals surface area contributed by atoms with Gasteiger partial charge in [0.05, 0.1) is 7.11 Å². The third-order valence-corrected chi connectivity index (χ3v) is 3.84. The summed E-state index contributed by atoms with van der Waals surface area (Å²) in [6, 6.07) is 18.3. The monoisotopic (exact) mass is 357 g/mol. The molecule has 0 aliphatic carbocycles. The van der Waals surface area contributed by atoms with Gasteiger partial charge in [0.25, 0.3) is 0 Å². The summed E-state index contributed by atoms with van der Waals surface area (Å²) in [7, 11) is 1.21. The molecule has 2 atom stereocenters. The number of alkyl carbamates (subject to hydrolysis) is 1. The molecule has 0 bridgehead atoms. The van der Waals surface area contributed by atoms with Gasteiger partial charge >= 0.3 is 12.1 Å². The van der Waals surface area contributed by atoms with Crippen LogP contribution in [0.4, 0.5) is 4.79 Å². The molecular weight excluding hydrogens is 334 g/mol. The van der Waals surface area contributed by atoms with E-state index in [1.165, 1.54) is 7.11 Å². The van der Waals surface area contributed by atoms with Gasteiger partial charge < -0.3 is 19.9 Å². The molecule has 138 valence electrons. The van der Waals surface area contributed by atoms with Gasteiger partial charge in [0.1, 0.15) is 6.61 Å². The lowest BCUT2D eigenvalue weighted by Gasteiger charge is -2.20. The number of rotatable bonds is 8. The summed E-state index contributed by atoms with van der Waals surface area (Å²) < 4.78 is 9.76. The van der Waals surface area contributed by atoms with Crippen LogP contribution in [0.2, 0.25) is 0 Å². The molecule has 26 heavy (non-hydrogen) atoms. The van der Waals surface area contributed by atoms with Crippen molar-refractivity contribution in [2.24, 2.45) is 0 Å². The molecule has 6 heteroatoms. The first-order valence-electron chi connectivity index (χ1n) is 8.35. The number of hydrogen-bond donors (Lipinski definition) is 2. The Morgan fingerprint density at radius 1 is 1.00 bits per heavy atom. The number of hydrogen-bond acceptors (Lipinski definition) is 5. The fourth-order valence-electron chi connectivity index (χ4n) is 2.53. The van der Waals surface area contributed by atoms with E-state index < -0.39 is 24.2 Å². The zero-order valence-corrected chi connectivity index (χ0v) is 14.6. The summed E-state index contributed by atoms with van der Waals surface area (Å²) in [6.07, 6.45) is -1.44. The van der Waals surface area contributed by atoms with E-state index in [1.54, 1.807) is 0 Å². The molecule has 0 fully saturated rings. The molecule has 2 rings (SSSR count). The van der Waals surface area contributed by atoms with Gasteiger partial charge in [-0.15, -0.1) is 0 Å². The first-order chi connectivity index (χ1) is 12.6. The van der Waals surface area contributed by atoms with Crippen molar-refractivity contribution in [3.63, 3.8) is 0 Å². The fraction of sp³-hybridized carbons (Fsp3) is 0.300. The number of carbonyl (C=O) groups is 2. The minimum Gasteiger partial charge on any atom is -0.467 e. The molecule has 0 aliphatic heterocycles. The first-order valence-corrected chi connectivity index (χ1v) is 8.35. The van der Waals surface area contributed by atoms with Crippen LogP contribution in [0.15, 0.2) is 60.7 Å². The molecule has 0 radical (unpaired) electrons. The molecule has 0 aromatic heterocycles. The first kappa shape index (κ1) is 19.5. The van der Waals surface area contributed by atoms with Gasteiger partial charge in [0, 0.05) is 12.5 Å². The summed E-state index contributed by atoms with van der Waals surface area (Å²) >= 11 is 0. The zero-order valence-electron chi connectivity index (χ0n) is 14.6. The van der Waals surface area contributed by atoms with E-state index in [1.807, 2.05) is 60.7 Å². The van der Waals surface area contributed by atoms with Gasteiger partial charge in [0.2, 0.25) is 0 Å². The standard InChI is InChI=1S/C20H23NO5/c1-25-19(23)18(22)13-17(12-15-8-4-2-5-9-15)21-20(24)26-14-16-10-6-3-7-11-16/h2-11,17-18,22H,12-14H2,1H3,(H,21,24)/t17-,18-/m0/s1. The molecule has 0 saturated carbocycles. The van der Waals surface area contributed by atoms with E-state index in [0.717, 1.165) is 11.1 Å². The molecule has 0 heterocycles. The molecule has 0 aliphatic rings. The molecule has 2 aromatic rings. The van der Waals surface area contributed by atoms with E-state index >= 15 is 0 Å². The lowest BCUT2D eigenvalue weighted by atomic mass is 10.0. The van der Waals surface area contributed by atoms with Crippen LogP contribution in [-0.2, 0) is 27.3 Å². The Kier molecular flexibility index (Phi) is 7.64. The van der Waals surface area contributed by atoms with E-state index in [0.29, 0.717) is 6.42 Å². The number of esters is 1. The number of methoxy groups -OCH3 is 1. The Morgan fingerprint density at radius 3 is 2.15 bits per heavy atom. The van der Waals surface area contributed by atoms with Crippen LogP contribution in [-0.4, -0.2) is 36.4 Å². The molecule has 0 unspecified atom stereocenters. The van der Waals surface area contributed by atoms with Crippen LogP contribution in [0.25, 0.3) is 0 Å². The van der Waals surface area contributed by atoms with Crippen LogP contribution in [0.3, 0.4) is 0 Å². The molecule has 2 aromatic carbocycles. The topological polar surface area (TPSA) is 84.9 Å². The minimum atomic E-state index is -1.32. The summed E-state index contributed by atoms with van der Waals surface area (Å²) in [5.74, 6) is -0.734. The van der Waals surface area contributed by atoms with Gasteiger partial charge in [-0.25, -0.2) is 9.59 Å². The van der Waals surface area contributed by atoms with Crippen molar-refractivity contribution in [1.82, 2.24) is 5.32 Å². The molecule has 6 nitrogen and oxygen atoms in total. The van der Waals surface area contributed by atoms with Crippen LogP contribution in [0.5, 0.6) is 0 Å². The summed E-state index contributed by atoms with van der Waals surface area (Å²) in [5, 5.41) is 12.6. The molecule has 1 amide bonds. The number of amides is 1. The predicted molar refractivity (Wildman–Crippen MR) is 96.3 cm³/mol. The average molecular weight is 357 g/mol. The minimum absolute atomic E-state index is 0.0298. The fourth-order valence-corrected chi connectivity index (χ4v) is 2.53. The maximum absolute atomic E-state index is 12.1. The maximum atomic E-state index is 12.1. The van der Waals surface area contributed by atoms with Crippen LogP contribution >= 0.6 is 0 Å². The quantitative estimate of drug-likeness (QED) is 0.709. The van der Waals surface area contributed by atoms with Gasteiger partial charge in [-0.3, -0.25) is 0 Å². The second-order valence-electron chi connectivity index (χ2n) is 5.87. The largest absolute Gasteiger partial charge is 0.467 e. The number of aliphatic hydroxyl groups excluding tert-OH is 1. The summed E-state index contributed by atoms with van der Waals surface area (Å²) in [6.45, 7) is 0.143. The van der Waals surface area contributed by atoms with Crippen LogP contribution in [0.1, 0.15) is 17.5 Å². The highest BCUT2D eigenvalue weighted by Crippen LogP contribution is 2.10. The molecule has 0 spiro atoms. The number of carbonyl (C=O) groups excluding carboxylic acids is 2. The van der Waals surface area contributed by atoms with E-state index in [-0.39, 0.29) is 13.0 Å². The van der Waals surface area contributed by atoms with Crippen molar-refractivity contribution >= 4 is 12.1 Å². The Hall–Kier alpha value is -2.86. The smallest absolute Gasteiger partial charge is 0.407 e. The molecular formula is C20H23NO5. The van der Waals surface area contributed by atoms with Crippen molar-refractivity contribution in [2.45, 2.75) is 31.6 Å². The molecule has 0 saturated heterocycles. The third kappa shape index (κ3) is 6.57. The lowest BCUT2D eigenvalue weighted by Crippen LogP contribution is -2.41. The van der Waals surface area contributed by atoms with Crippen LogP contribution in [0, 0.1) is 0 Å². The van der Waals surface area contributed by atoms with Crippen molar-refractivity contribution in [1.29, 1.82) is 0 Å². The lowest BCUT2D eigenvalue weighted by molar-refractivity contribution is -0.151. The highest BCUT2D eigenvalue weighted by atomic mass is 16.5. The summed E-state index contributed by atoms with van der Waals surface area (Å²) in [5.41, 5.74) is 1.84. The number of nitrogens with one attached hydrogen (secondary N) is 1. The van der Waals surface area contributed by atoms with Crippen molar-refractivity contribution in [3.05, 3.63) is 71.8 Å². The van der Waals surface area contributed by atoms with Crippen molar-refractivity contribution in [3.8, 4) is 0 Å². The number of ether oxygens (including phenoxy) is 2. The maximum Gasteiger partial charge on any atom is 0.407 e. The average Bonchev–Trinajstić information content (AvgIpc) is 2.67. The van der Waals surface area contributed by atoms with Gasteiger partial charge in [-0.2, -0.15) is 0 Å². The van der Waals surface area contributed by atoms with Gasteiger partial charge in [-0.05, 0) is 17.5 Å². The predicted octanol–water partition coefficient (Wildman–Crippen LogP) is 2.45. The van der Waals surface area contributed by atoms with Gasteiger partial charge in [0.15, 0.2) is 6.10 Å². The highest BCUT2D eigenvalue weighted by molar-refractivity contribution is 5.74. The normalized spacial score (nSPS) is 12.7. The Morgan fingerprint density at radius 2 is 1.58 bits per heavy atom. The van der Waals surface area contributed by atoms with E-state index in [2.05, 4.69) is 10.1 Å². The SMILES string of the molecule is COC(=O)[C@@H](O)C[C@H](Cc1ccccc1)NC(=O)OCc1ccccc1. The number of aliphatic hydroxyl groups is 1.